The summed E-state index contributed by atoms with van der Waals surface area (Å²) in [6, 6.07) is 0. The van der Waals surface area contributed by atoms with Crippen LogP contribution in [-0.2, 0) is 9.53 Å². The highest BCUT2D eigenvalue weighted by Crippen LogP contribution is 2.24. The van der Waals surface area contributed by atoms with Crippen LogP contribution in [-0.4, -0.2) is 41.2 Å². The lowest BCUT2D eigenvalue weighted by atomic mass is 9.72. The van der Waals surface area contributed by atoms with Gasteiger partial charge in [-0.1, -0.05) is 69.8 Å². The molecule has 29 heavy (non-hydrogen) atoms. The van der Waals surface area contributed by atoms with Gasteiger partial charge in [0.2, 0.25) is 0 Å². The Morgan fingerprint density at radius 3 is 2.28 bits per heavy atom. The summed E-state index contributed by atoms with van der Waals surface area (Å²) in [5, 5.41) is 18.4. The monoisotopic (exact) mass is 424 g/mol. The van der Waals surface area contributed by atoms with Gasteiger partial charge in [0.1, 0.15) is 5.83 Å². The summed E-state index contributed by atoms with van der Waals surface area (Å²) in [5.41, 5.74) is 0.605. The molecule has 0 aromatic carbocycles. The smallest absolute Gasteiger partial charge is 0.462 e. The second-order valence-corrected chi connectivity index (χ2v) is 8.29. The predicted octanol–water partition coefficient (Wildman–Crippen LogP) is 5.15. The lowest BCUT2D eigenvalue weighted by Gasteiger charge is -2.05. The van der Waals surface area contributed by atoms with Crippen molar-refractivity contribution in [2.45, 2.75) is 63.6 Å². The first kappa shape index (κ1) is 25.7. The van der Waals surface area contributed by atoms with Crippen LogP contribution in [0.25, 0.3) is 0 Å². The molecule has 0 radical (unpaired) electrons. The molecule has 0 spiro atoms. The first-order valence-corrected chi connectivity index (χ1v) is 11.7. The van der Waals surface area contributed by atoms with E-state index in [1.165, 1.54) is 56.8 Å². The van der Waals surface area contributed by atoms with E-state index in [2.05, 4.69) is 6.58 Å². The predicted molar refractivity (Wildman–Crippen MR) is 120 cm³/mol. The number of carbonyl (C=O) groups is 1. The van der Waals surface area contributed by atoms with Gasteiger partial charge in [-0.2, -0.15) is 11.8 Å². The van der Waals surface area contributed by atoms with E-state index in [1.807, 2.05) is 0 Å². The van der Waals surface area contributed by atoms with Crippen molar-refractivity contribution in [2.75, 3.05) is 18.1 Å². The molecule has 0 heterocycles. The summed E-state index contributed by atoms with van der Waals surface area (Å²) < 4.78 is 18.9. The van der Waals surface area contributed by atoms with Gasteiger partial charge in [-0.05, 0) is 30.2 Å². The molecule has 1 atom stereocenters. The highest BCUT2D eigenvalue weighted by Gasteiger charge is 2.19. The Morgan fingerprint density at radius 2 is 1.66 bits per heavy atom. The Labute approximate surface area is 179 Å². The van der Waals surface area contributed by atoms with Crippen molar-refractivity contribution in [2.24, 2.45) is 0 Å². The number of unbranched alkanes of at least 4 members (excludes halogenated alkanes) is 8. The zero-order valence-corrected chi connectivity index (χ0v) is 18.0. The Bertz CT molecular complexity index is 575. The molecule has 2 N–H and O–H groups in total. The first-order chi connectivity index (χ1) is 14.0. The third kappa shape index (κ3) is 12.8. The zero-order valence-electron chi connectivity index (χ0n) is 17.2. The van der Waals surface area contributed by atoms with Crippen molar-refractivity contribution in [3.8, 4) is 0 Å². The average molecular weight is 424 g/mol. The Hall–Kier alpha value is -1.31. The average Bonchev–Trinajstić information content (AvgIpc) is 2.89. The topological polar surface area (TPSA) is 66.8 Å². The molecule has 0 aromatic heterocycles. The van der Waals surface area contributed by atoms with Crippen LogP contribution >= 0.6 is 11.8 Å². The van der Waals surface area contributed by atoms with Crippen LogP contribution in [0, 0.1) is 0 Å². The van der Waals surface area contributed by atoms with Crippen LogP contribution in [0.5, 0.6) is 0 Å². The van der Waals surface area contributed by atoms with Crippen LogP contribution in [0.2, 0.25) is 5.82 Å². The highest BCUT2D eigenvalue weighted by atomic mass is 32.2. The minimum absolute atomic E-state index is 0.296. The normalized spacial score (nSPS) is 16.0. The second kappa shape index (κ2) is 16.5. The van der Waals surface area contributed by atoms with Crippen molar-refractivity contribution >= 4 is 24.8 Å². The van der Waals surface area contributed by atoms with Crippen LogP contribution in [0.3, 0.4) is 0 Å². The van der Waals surface area contributed by atoms with E-state index in [9.17, 15) is 19.2 Å². The van der Waals surface area contributed by atoms with Crippen LogP contribution in [0.4, 0.5) is 4.39 Å². The maximum Gasteiger partial charge on any atom is 0.462 e. The molecule has 1 unspecified atom stereocenters. The van der Waals surface area contributed by atoms with Gasteiger partial charge in [0.05, 0.1) is 6.61 Å². The maximum atomic E-state index is 14.0. The Balaban J connectivity index is 1.94. The number of esters is 1. The number of allylic oxidation sites excluding steroid dienone is 5. The molecule has 0 saturated heterocycles. The maximum absolute atomic E-state index is 14.0. The molecule has 0 bridgehead atoms. The molecule has 1 aliphatic rings. The van der Waals surface area contributed by atoms with Crippen molar-refractivity contribution in [1.29, 1.82) is 0 Å². The fraction of sp³-hybridized carbons (Fsp3) is 0.591. The van der Waals surface area contributed by atoms with Crippen molar-refractivity contribution < 1.29 is 24.0 Å². The van der Waals surface area contributed by atoms with E-state index in [0.717, 1.165) is 25.0 Å². The van der Waals surface area contributed by atoms with Gasteiger partial charge in [-0.15, -0.1) is 0 Å². The van der Waals surface area contributed by atoms with Crippen molar-refractivity contribution in [3.63, 3.8) is 0 Å². The molecular weight excluding hydrogens is 390 g/mol. The number of rotatable bonds is 16. The lowest BCUT2D eigenvalue weighted by Crippen LogP contribution is -2.16. The summed E-state index contributed by atoms with van der Waals surface area (Å²) >= 11 is 1.72. The Morgan fingerprint density at radius 1 is 1.07 bits per heavy atom. The van der Waals surface area contributed by atoms with Gasteiger partial charge >= 0.3 is 13.1 Å². The van der Waals surface area contributed by atoms with Gasteiger partial charge in [0.25, 0.3) is 0 Å². The summed E-state index contributed by atoms with van der Waals surface area (Å²) in [4.78, 5) is 10.9. The van der Waals surface area contributed by atoms with Crippen LogP contribution < -0.4 is 0 Å². The van der Waals surface area contributed by atoms with E-state index in [-0.39, 0.29) is 11.8 Å². The van der Waals surface area contributed by atoms with Crippen LogP contribution in [0.15, 0.2) is 48.4 Å². The standard InChI is InChI=1S/C22H34BFO4S/c1-2-22(25)28-16-10-8-6-4-3-5-7-9-11-17-29-18-19-12-13-20(23(26)27)14-15-21(19)24/h2,12-15,20,26-27H,1,3-11,16-18H2. The third-order valence-corrected chi connectivity index (χ3v) is 5.83. The molecule has 1 rings (SSSR count). The molecule has 162 valence electrons. The molecule has 7 heteroatoms. The molecule has 0 amide bonds. The van der Waals surface area contributed by atoms with E-state index >= 15 is 0 Å². The van der Waals surface area contributed by atoms with Gasteiger partial charge in [-0.3, -0.25) is 0 Å². The summed E-state index contributed by atoms with van der Waals surface area (Å²) in [6.45, 7) is 3.85. The van der Waals surface area contributed by atoms with E-state index in [1.54, 1.807) is 23.9 Å². The highest BCUT2D eigenvalue weighted by molar-refractivity contribution is 7.99. The van der Waals surface area contributed by atoms with E-state index in [4.69, 9.17) is 4.74 Å². The van der Waals surface area contributed by atoms with Gasteiger partial charge in [-0.25, -0.2) is 9.18 Å². The fourth-order valence-electron chi connectivity index (χ4n) is 2.95. The molecule has 1 aliphatic carbocycles. The number of hydrogen-bond acceptors (Lipinski definition) is 5. The number of halogens is 1. The second-order valence-electron chi connectivity index (χ2n) is 7.19. The van der Waals surface area contributed by atoms with Crippen molar-refractivity contribution in [3.05, 3.63) is 48.4 Å². The minimum Gasteiger partial charge on any atom is -0.463 e. The summed E-state index contributed by atoms with van der Waals surface area (Å²) in [6.07, 6.45) is 17.8. The number of thioether (sulfide) groups is 1. The lowest BCUT2D eigenvalue weighted by molar-refractivity contribution is -0.137. The van der Waals surface area contributed by atoms with Crippen LogP contribution in [0.1, 0.15) is 57.8 Å². The summed E-state index contributed by atoms with van der Waals surface area (Å²) in [7, 11) is -1.50. The number of hydrogen-bond donors (Lipinski definition) is 2. The van der Waals surface area contributed by atoms with Gasteiger partial charge in [0, 0.05) is 17.6 Å². The first-order valence-electron chi connectivity index (χ1n) is 10.5. The van der Waals surface area contributed by atoms with Gasteiger partial charge in [0.15, 0.2) is 0 Å². The minimum atomic E-state index is -1.50. The third-order valence-electron chi connectivity index (χ3n) is 4.74. The number of ether oxygens (including phenoxy) is 1. The molecule has 0 saturated carbocycles. The van der Waals surface area contributed by atoms with E-state index in [0.29, 0.717) is 17.9 Å². The molecule has 0 aliphatic heterocycles. The zero-order chi connectivity index (χ0) is 21.3. The summed E-state index contributed by atoms with van der Waals surface area (Å²) in [5.74, 6) is 0.406. The van der Waals surface area contributed by atoms with Gasteiger partial charge < -0.3 is 14.8 Å². The van der Waals surface area contributed by atoms with E-state index < -0.39 is 12.9 Å². The van der Waals surface area contributed by atoms with Crippen molar-refractivity contribution in [1.82, 2.24) is 0 Å². The quantitative estimate of drug-likeness (QED) is 0.155. The fourth-order valence-corrected chi connectivity index (χ4v) is 3.95. The molecule has 0 aromatic rings. The Kier molecular flexibility index (Phi) is 14.6. The molecular formula is C22H34BFO4S. The molecule has 4 nitrogen and oxygen atoms in total. The largest absolute Gasteiger partial charge is 0.463 e. The SMILES string of the molecule is C=CC(=O)OCCCCCCCCCCCSCC1=C(F)C=CC(B(O)O)C=C1. The molecule has 0 fully saturated rings. The number of carbonyl (C=O) groups excluding carboxylic acids is 1.